The van der Waals surface area contributed by atoms with Crippen LogP contribution in [0.1, 0.15) is 20.8 Å². The van der Waals surface area contributed by atoms with Gasteiger partial charge >= 0.3 is 0 Å². The molecule has 2 unspecified atom stereocenters. The van der Waals surface area contributed by atoms with E-state index in [9.17, 15) is 0 Å². The molecule has 0 spiro atoms. The van der Waals surface area contributed by atoms with Crippen molar-refractivity contribution in [2.75, 3.05) is 45.9 Å². The zero-order chi connectivity index (χ0) is 11.1. The fourth-order valence-corrected chi connectivity index (χ4v) is 2.16. The number of likely N-dealkylation sites (N-methyl/N-ethyl adjacent to an activating group) is 1. The molecule has 1 aliphatic rings. The molecule has 0 aromatic rings. The van der Waals surface area contributed by atoms with Crippen molar-refractivity contribution in [3.05, 3.63) is 0 Å². The minimum absolute atomic E-state index is 0.825. The molecule has 2 atom stereocenters. The van der Waals surface area contributed by atoms with E-state index in [1.807, 2.05) is 0 Å². The standard InChI is InChI=1S/C12H26N2O/c1-4-14(6-7-15-5-2)10-12-9-13-8-11(12)3/h11-13H,4-10H2,1-3H3. The normalized spacial score (nSPS) is 26.4. The minimum Gasteiger partial charge on any atom is -0.380 e. The molecule has 0 saturated carbocycles. The fraction of sp³-hybridized carbons (Fsp3) is 1.00. The molecule has 0 radical (unpaired) electrons. The van der Waals surface area contributed by atoms with Gasteiger partial charge in [-0.15, -0.1) is 0 Å². The lowest BCUT2D eigenvalue weighted by Crippen LogP contribution is -2.34. The predicted molar refractivity (Wildman–Crippen MR) is 64.1 cm³/mol. The third-order valence-corrected chi connectivity index (χ3v) is 3.37. The van der Waals surface area contributed by atoms with Crippen LogP contribution < -0.4 is 5.32 Å². The molecule has 1 aliphatic heterocycles. The summed E-state index contributed by atoms with van der Waals surface area (Å²) in [5.41, 5.74) is 0. The Morgan fingerprint density at radius 2 is 2.13 bits per heavy atom. The summed E-state index contributed by atoms with van der Waals surface area (Å²) in [6.45, 7) is 14.2. The van der Waals surface area contributed by atoms with Gasteiger partial charge in [-0.2, -0.15) is 0 Å². The molecule has 90 valence electrons. The first-order valence-corrected chi connectivity index (χ1v) is 6.28. The van der Waals surface area contributed by atoms with Crippen LogP contribution in [0, 0.1) is 11.8 Å². The summed E-state index contributed by atoms with van der Waals surface area (Å²) >= 11 is 0. The summed E-state index contributed by atoms with van der Waals surface area (Å²) in [5, 5.41) is 3.46. The van der Waals surface area contributed by atoms with Crippen LogP contribution in [-0.2, 0) is 4.74 Å². The number of hydrogen-bond donors (Lipinski definition) is 1. The second-order valence-corrected chi connectivity index (χ2v) is 4.49. The van der Waals surface area contributed by atoms with Crippen molar-refractivity contribution in [3.8, 4) is 0 Å². The van der Waals surface area contributed by atoms with Gasteiger partial charge in [0.25, 0.3) is 0 Å². The Labute approximate surface area is 94.2 Å². The van der Waals surface area contributed by atoms with Gasteiger partial charge in [0.05, 0.1) is 6.61 Å². The Kier molecular flexibility index (Phi) is 6.22. The zero-order valence-corrected chi connectivity index (χ0v) is 10.5. The molecule has 1 fully saturated rings. The molecule has 1 heterocycles. The van der Waals surface area contributed by atoms with Gasteiger partial charge in [-0.25, -0.2) is 0 Å². The van der Waals surface area contributed by atoms with Gasteiger partial charge in [0, 0.05) is 19.7 Å². The lowest BCUT2D eigenvalue weighted by molar-refractivity contribution is 0.107. The van der Waals surface area contributed by atoms with E-state index in [1.165, 1.54) is 19.6 Å². The largest absolute Gasteiger partial charge is 0.380 e. The highest BCUT2D eigenvalue weighted by Gasteiger charge is 2.24. The number of ether oxygens (including phenoxy) is 1. The molecule has 1 saturated heterocycles. The third-order valence-electron chi connectivity index (χ3n) is 3.37. The monoisotopic (exact) mass is 214 g/mol. The maximum Gasteiger partial charge on any atom is 0.0593 e. The van der Waals surface area contributed by atoms with E-state index in [0.717, 1.165) is 38.1 Å². The van der Waals surface area contributed by atoms with Crippen LogP contribution in [0.3, 0.4) is 0 Å². The lowest BCUT2D eigenvalue weighted by Gasteiger charge is -2.25. The first kappa shape index (κ1) is 12.9. The smallest absolute Gasteiger partial charge is 0.0593 e. The molecule has 1 rings (SSSR count). The molecule has 15 heavy (non-hydrogen) atoms. The van der Waals surface area contributed by atoms with E-state index in [1.54, 1.807) is 0 Å². The second-order valence-electron chi connectivity index (χ2n) is 4.49. The van der Waals surface area contributed by atoms with Crippen molar-refractivity contribution in [2.45, 2.75) is 20.8 Å². The summed E-state index contributed by atoms with van der Waals surface area (Å²) in [7, 11) is 0. The third kappa shape index (κ3) is 4.49. The van der Waals surface area contributed by atoms with E-state index >= 15 is 0 Å². The van der Waals surface area contributed by atoms with Crippen molar-refractivity contribution >= 4 is 0 Å². The number of nitrogens with zero attached hydrogens (tertiary/aromatic N) is 1. The fourth-order valence-electron chi connectivity index (χ4n) is 2.16. The molecule has 0 aromatic heterocycles. The average molecular weight is 214 g/mol. The van der Waals surface area contributed by atoms with E-state index in [-0.39, 0.29) is 0 Å². The molecule has 0 aliphatic carbocycles. The number of hydrogen-bond acceptors (Lipinski definition) is 3. The Morgan fingerprint density at radius 1 is 1.33 bits per heavy atom. The highest BCUT2D eigenvalue weighted by atomic mass is 16.5. The van der Waals surface area contributed by atoms with Crippen LogP contribution in [-0.4, -0.2) is 50.8 Å². The zero-order valence-electron chi connectivity index (χ0n) is 10.5. The van der Waals surface area contributed by atoms with Gasteiger partial charge in [0.2, 0.25) is 0 Å². The highest BCUT2D eigenvalue weighted by molar-refractivity contribution is 4.80. The summed E-state index contributed by atoms with van der Waals surface area (Å²) in [6.07, 6.45) is 0. The Bertz CT molecular complexity index is 164. The van der Waals surface area contributed by atoms with Crippen molar-refractivity contribution in [2.24, 2.45) is 11.8 Å². The van der Waals surface area contributed by atoms with Gasteiger partial charge in [-0.05, 0) is 38.4 Å². The molecule has 3 nitrogen and oxygen atoms in total. The predicted octanol–water partition coefficient (Wildman–Crippen LogP) is 1.20. The van der Waals surface area contributed by atoms with Crippen molar-refractivity contribution in [1.29, 1.82) is 0 Å². The Balaban J connectivity index is 2.20. The van der Waals surface area contributed by atoms with E-state index in [0.29, 0.717) is 0 Å². The molecule has 0 amide bonds. The van der Waals surface area contributed by atoms with Crippen molar-refractivity contribution in [1.82, 2.24) is 10.2 Å². The van der Waals surface area contributed by atoms with E-state index in [4.69, 9.17) is 4.74 Å². The summed E-state index contributed by atoms with van der Waals surface area (Å²) in [6, 6.07) is 0. The van der Waals surface area contributed by atoms with E-state index < -0.39 is 0 Å². The molecular weight excluding hydrogens is 188 g/mol. The Morgan fingerprint density at radius 3 is 2.67 bits per heavy atom. The SMILES string of the molecule is CCOCCN(CC)CC1CNCC1C. The van der Waals surface area contributed by atoms with Gasteiger partial charge in [-0.3, -0.25) is 0 Å². The highest BCUT2D eigenvalue weighted by Crippen LogP contribution is 2.16. The summed E-state index contributed by atoms with van der Waals surface area (Å²) < 4.78 is 5.40. The van der Waals surface area contributed by atoms with Crippen LogP contribution >= 0.6 is 0 Å². The van der Waals surface area contributed by atoms with Crippen LogP contribution in [0.4, 0.5) is 0 Å². The minimum atomic E-state index is 0.825. The first-order chi connectivity index (χ1) is 7.27. The maximum absolute atomic E-state index is 5.40. The number of rotatable bonds is 7. The van der Waals surface area contributed by atoms with Crippen molar-refractivity contribution in [3.63, 3.8) is 0 Å². The summed E-state index contributed by atoms with van der Waals surface area (Å²) in [4.78, 5) is 2.50. The Hall–Kier alpha value is -0.120. The first-order valence-electron chi connectivity index (χ1n) is 6.28. The van der Waals surface area contributed by atoms with Gasteiger partial charge < -0.3 is 15.0 Å². The van der Waals surface area contributed by atoms with Crippen LogP contribution in [0.2, 0.25) is 0 Å². The van der Waals surface area contributed by atoms with Gasteiger partial charge in [0.15, 0.2) is 0 Å². The average Bonchev–Trinajstić information content (AvgIpc) is 2.63. The van der Waals surface area contributed by atoms with Gasteiger partial charge in [0.1, 0.15) is 0 Å². The van der Waals surface area contributed by atoms with E-state index in [2.05, 4.69) is 31.0 Å². The molecule has 0 bridgehead atoms. The topological polar surface area (TPSA) is 24.5 Å². The van der Waals surface area contributed by atoms with Crippen LogP contribution in [0.25, 0.3) is 0 Å². The number of nitrogens with one attached hydrogen (secondary N) is 1. The van der Waals surface area contributed by atoms with Crippen LogP contribution in [0.15, 0.2) is 0 Å². The van der Waals surface area contributed by atoms with Crippen molar-refractivity contribution < 1.29 is 4.74 Å². The molecule has 1 N–H and O–H groups in total. The quantitative estimate of drug-likeness (QED) is 0.645. The summed E-state index contributed by atoms with van der Waals surface area (Å²) in [5.74, 6) is 1.65. The van der Waals surface area contributed by atoms with Crippen LogP contribution in [0.5, 0.6) is 0 Å². The molecule has 0 aromatic carbocycles. The van der Waals surface area contributed by atoms with Gasteiger partial charge in [-0.1, -0.05) is 13.8 Å². The molecular formula is C12H26N2O. The molecule has 3 heteroatoms. The second kappa shape index (κ2) is 7.20. The lowest BCUT2D eigenvalue weighted by atomic mass is 9.97. The maximum atomic E-state index is 5.40.